The normalized spacial score (nSPS) is 12.1. The molecule has 5 nitrogen and oxygen atoms in total. The Kier molecular flexibility index (Phi) is 7.34. The third-order valence-corrected chi connectivity index (χ3v) is 2.62. The van der Waals surface area contributed by atoms with Gasteiger partial charge in [-0.25, -0.2) is 0 Å². The summed E-state index contributed by atoms with van der Waals surface area (Å²) in [7, 11) is 0. The van der Waals surface area contributed by atoms with Crippen molar-refractivity contribution in [3.63, 3.8) is 0 Å². The third kappa shape index (κ3) is 6.31. The Morgan fingerprint density at radius 3 is 2.41 bits per heavy atom. The van der Waals surface area contributed by atoms with E-state index in [0.717, 1.165) is 0 Å². The molecule has 0 aliphatic heterocycles. The minimum absolute atomic E-state index is 0. The van der Waals surface area contributed by atoms with Crippen LogP contribution in [0.1, 0.15) is 22.8 Å². The second-order valence-electron chi connectivity index (χ2n) is 4.61. The number of carbonyl (C=O) groups is 2. The van der Waals surface area contributed by atoms with Crippen LogP contribution in [0.15, 0.2) is 18.2 Å². The number of amides is 2. The molecule has 0 fully saturated rings. The summed E-state index contributed by atoms with van der Waals surface area (Å²) in [5.41, 5.74) is 6.42. The van der Waals surface area contributed by atoms with Gasteiger partial charge in [-0.15, -0.1) is 12.4 Å². The smallest absolute Gasteiger partial charge is 0.343 e. The van der Waals surface area contributed by atoms with Gasteiger partial charge in [-0.3, -0.25) is 9.59 Å². The van der Waals surface area contributed by atoms with E-state index in [1.54, 1.807) is 12.2 Å². The minimum atomic E-state index is -4.48. The van der Waals surface area contributed by atoms with Crippen LogP contribution in [-0.4, -0.2) is 30.6 Å². The molecule has 2 amide bonds. The highest BCUT2D eigenvalue weighted by Crippen LogP contribution is 2.18. The largest absolute Gasteiger partial charge is 0.405 e. The van der Waals surface area contributed by atoms with Gasteiger partial charge in [0.2, 0.25) is 5.91 Å². The van der Waals surface area contributed by atoms with Crippen molar-refractivity contribution in [1.29, 1.82) is 0 Å². The Balaban J connectivity index is 0.00000441. The molecule has 0 aliphatic rings. The van der Waals surface area contributed by atoms with Crippen molar-refractivity contribution in [2.45, 2.75) is 26.1 Å². The van der Waals surface area contributed by atoms with E-state index in [0.29, 0.717) is 11.3 Å². The zero-order valence-corrected chi connectivity index (χ0v) is 12.8. The highest BCUT2D eigenvalue weighted by Gasteiger charge is 2.28. The van der Waals surface area contributed by atoms with Crippen LogP contribution < -0.4 is 16.4 Å². The van der Waals surface area contributed by atoms with Crippen molar-refractivity contribution in [3.05, 3.63) is 29.3 Å². The van der Waals surface area contributed by atoms with Crippen LogP contribution in [-0.2, 0) is 4.79 Å². The van der Waals surface area contributed by atoms with Crippen molar-refractivity contribution in [2.24, 2.45) is 5.73 Å². The first-order valence-corrected chi connectivity index (χ1v) is 6.12. The highest BCUT2D eigenvalue weighted by atomic mass is 35.5. The molecule has 124 valence electrons. The minimum Gasteiger partial charge on any atom is -0.343 e. The fourth-order valence-electron chi connectivity index (χ4n) is 1.43. The molecule has 1 atom stereocenters. The maximum Gasteiger partial charge on any atom is 0.405 e. The Morgan fingerprint density at radius 1 is 1.32 bits per heavy atom. The number of alkyl halides is 3. The molecule has 1 rings (SSSR count). The fraction of sp³-hybridized carbons (Fsp3) is 0.385. The summed E-state index contributed by atoms with van der Waals surface area (Å²) in [6, 6.07) is 3.47. The fourth-order valence-corrected chi connectivity index (χ4v) is 1.43. The van der Waals surface area contributed by atoms with E-state index in [9.17, 15) is 22.8 Å². The van der Waals surface area contributed by atoms with Gasteiger partial charge >= 0.3 is 6.18 Å². The number of aryl methyl sites for hydroxylation is 1. The van der Waals surface area contributed by atoms with E-state index < -0.39 is 30.6 Å². The molecule has 0 unspecified atom stereocenters. The van der Waals surface area contributed by atoms with Gasteiger partial charge in [-0.05, 0) is 31.5 Å². The highest BCUT2D eigenvalue weighted by molar-refractivity contribution is 5.99. The van der Waals surface area contributed by atoms with Crippen LogP contribution in [0.2, 0.25) is 0 Å². The zero-order chi connectivity index (χ0) is 16.2. The Hall–Kier alpha value is -1.80. The molecule has 0 bridgehead atoms. The number of hydrogen-bond acceptors (Lipinski definition) is 3. The van der Waals surface area contributed by atoms with E-state index in [1.807, 2.05) is 0 Å². The van der Waals surface area contributed by atoms with E-state index >= 15 is 0 Å². The molecular weight excluding hydrogens is 323 g/mol. The van der Waals surface area contributed by atoms with Gasteiger partial charge in [0.05, 0.1) is 6.04 Å². The first-order chi connectivity index (χ1) is 9.60. The Labute approximate surface area is 131 Å². The third-order valence-electron chi connectivity index (χ3n) is 2.62. The first kappa shape index (κ1) is 20.2. The second-order valence-corrected chi connectivity index (χ2v) is 4.61. The van der Waals surface area contributed by atoms with Crippen LogP contribution in [0.5, 0.6) is 0 Å². The van der Waals surface area contributed by atoms with Crippen molar-refractivity contribution >= 4 is 29.9 Å². The number of rotatable bonds is 4. The van der Waals surface area contributed by atoms with Crippen LogP contribution >= 0.6 is 12.4 Å². The van der Waals surface area contributed by atoms with Gasteiger partial charge in [0.1, 0.15) is 6.54 Å². The predicted octanol–water partition coefficient (Wildman–Crippen LogP) is 1.99. The number of benzene rings is 1. The topological polar surface area (TPSA) is 84.2 Å². The average Bonchev–Trinajstić information content (AvgIpc) is 2.37. The molecule has 22 heavy (non-hydrogen) atoms. The number of halogens is 4. The van der Waals surface area contributed by atoms with Crippen LogP contribution in [0, 0.1) is 6.92 Å². The van der Waals surface area contributed by atoms with Gasteiger partial charge in [-0.2, -0.15) is 13.2 Å². The molecule has 0 spiro atoms. The lowest BCUT2D eigenvalue weighted by molar-refractivity contribution is -0.123. The molecule has 0 aliphatic carbocycles. The van der Waals surface area contributed by atoms with Crippen LogP contribution in [0.4, 0.5) is 18.9 Å². The molecule has 1 aromatic carbocycles. The molecule has 1 aromatic rings. The van der Waals surface area contributed by atoms with E-state index in [-0.39, 0.29) is 18.0 Å². The average molecular weight is 340 g/mol. The molecule has 0 saturated heterocycles. The number of anilines is 1. The first-order valence-electron chi connectivity index (χ1n) is 6.12. The van der Waals surface area contributed by atoms with Gasteiger partial charge in [0.15, 0.2) is 0 Å². The van der Waals surface area contributed by atoms with Crippen LogP contribution in [0.25, 0.3) is 0 Å². The Bertz CT molecular complexity index is 548. The summed E-state index contributed by atoms with van der Waals surface area (Å²) in [6.07, 6.45) is -4.48. The summed E-state index contributed by atoms with van der Waals surface area (Å²) in [6.45, 7) is 1.76. The van der Waals surface area contributed by atoms with E-state index in [1.165, 1.54) is 25.1 Å². The number of nitrogens with two attached hydrogens (primary N) is 1. The molecule has 0 radical (unpaired) electrons. The van der Waals surface area contributed by atoms with E-state index in [4.69, 9.17) is 5.73 Å². The Morgan fingerprint density at radius 2 is 1.91 bits per heavy atom. The molecule has 4 N–H and O–H groups in total. The van der Waals surface area contributed by atoms with E-state index in [2.05, 4.69) is 5.32 Å². The van der Waals surface area contributed by atoms with Crippen molar-refractivity contribution in [3.8, 4) is 0 Å². The molecule has 0 heterocycles. The quantitative estimate of drug-likeness (QED) is 0.784. The molecule has 0 aromatic heterocycles. The lowest BCUT2D eigenvalue weighted by Crippen LogP contribution is -2.34. The number of carbonyl (C=O) groups excluding carboxylic acids is 2. The summed E-state index contributed by atoms with van der Waals surface area (Å²) < 4.78 is 36.2. The monoisotopic (exact) mass is 339 g/mol. The lowest BCUT2D eigenvalue weighted by atomic mass is 10.1. The van der Waals surface area contributed by atoms with Crippen molar-refractivity contribution in [1.82, 2.24) is 5.32 Å². The second kappa shape index (κ2) is 8.00. The summed E-state index contributed by atoms with van der Waals surface area (Å²) in [4.78, 5) is 23.1. The molecule has 0 saturated carbocycles. The number of nitrogens with one attached hydrogen (secondary N) is 2. The predicted molar refractivity (Wildman–Crippen MR) is 79.1 cm³/mol. The van der Waals surface area contributed by atoms with Crippen molar-refractivity contribution < 1.29 is 22.8 Å². The maximum absolute atomic E-state index is 12.1. The molecule has 9 heteroatoms. The standard InChI is InChI=1S/C13H16F3N3O2.ClH/c1-7-3-4-9(12(21)18-6-13(14,15)16)5-10(7)19-11(20)8(2)17;/h3-5,8H,6,17H2,1-2H3,(H,18,21)(H,19,20);1H/t8-;/m0./s1. The van der Waals surface area contributed by atoms with Gasteiger partial charge in [-0.1, -0.05) is 6.07 Å². The summed E-state index contributed by atoms with van der Waals surface area (Å²) in [5, 5.41) is 4.27. The molecular formula is C13H17ClF3N3O2. The van der Waals surface area contributed by atoms with Crippen molar-refractivity contribution in [2.75, 3.05) is 11.9 Å². The van der Waals surface area contributed by atoms with Crippen LogP contribution in [0.3, 0.4) is 0 Å². The maximum atomic E-state index is 12.1. The zero-order valence-electron chi connectivity index (χ0n) is 12.0. The van der Waals surface area contributed by atoms with Gasteiger partial charge in [0.25, 0.3) is 5.91 Å². The lowest BCUT2D eigenvalue weighted by Gasteiger charge is -2.13. The van der Waals surface area contributed by atoms with Gasteiger partial charge < -0.3 is 16.4 Å². The number of hydrogen-bond donors (Lipinski definition) is 3. The van der Waals surface area contributed by atoms with Gasteiger partial charge in [0, 0.05) is 11.3 Å². The summed E-state index contributed by atoms with van der Waals surface area (Å²) >= 11 is 0. The SMILES string of the molecule is Cc1ccc(C(=O)NCC(F)(F)F)cc1NC(=O)[C@H](C)N.Cl. The summed E-state index contributed by atoms with van der Waals surface area (Å²) in [5.74, 6) is -1.32.